The van der Waals surface area contributed by atoms with E-state index in [0.29, 0.717) is 5.92 Å². The molecule has 3 aromatic rings. The van der Waals surface area contributed by atoms with Gasteiger partial charge in [-0.1, -0.05) is 118 Å². The molecule has 1 fully saturated rings. The fourth-order valence-corrected chi connectivity index (χ4v) is 5.26. The van der Waals surface area contributed by atoms with Crippen LogP contribution in [0, 0.1) is 11.8 Å². The first-order valence-electron chi connectivity index (χ1n) is 11.0. The van der Waals surface area contributed by atoms with Crippen LogP contribution in [0.4, 0.5) is 0 Å². The van der Waals surface area contributed by atoms with Crippen molar-refractivity contribution in [3.05, 3.63) is 84.4 Å². The van der Waals surface area contributed by atoms with Crippen molar-refractivity contribution in [1.82, 2.24) is 0 Å². The lowest BCUT2D eigenvalue weighted by atomic mass is 9.69. The summed E-state index contributed by atoms with van der Waals surface area (Å²) in [5.74, 6) is 2.33. The Morgan fingerprint density at radius 1 is 0.714 bits per heavy atom. The summed E-state index contributed by atoms with van der Waals surface area (Å²) in [6, 6.07) is 28.9. The van der Waals surface area contributed by atoms with Gasteiger partial charge >= 0.3 is 0 Å². The summed E-state index contributed by atoms with van der Waals surface area (Å²) in [5, 5.41) is 0. The highest BCUT2D eigenvalue weighted by molar-refractivity contribution is 5.72. The molecule has 0 heterocycles. The molecule has 0 heteroatoms. The van der Waals surface area contributed by atoms with E-state index < -0.39 is 0 Å². The molecule has 0 saturated heterocycles. The van der Waals surface area contributed by atoms with Gasteiger partial charge in [0.1, 0.15) is 0 Å². The van der Waals surface area contributed by atoms with Crippen LogP contribution in [-0.2, 0) is 0 Å². The summed E-state index contributed by atoms with van der Waals surface area (Å²) in [7, 11) is 0. The Bertz CT molecular complexity index is 875. The smallest absolute Gasteiger partial charge is 0.0149 e. The molecule has 0 bridgehead atoms. The first-order valence-corrected chi connectivity index (χ1v) is 11.0. The molecule has 0 nitrogen and oxygen atoms in total. The molecule has 0 aromatic heterocycles. The third-order valence-electron chi connectivity index (χ3n) is 6.89. The van der Waals surface area contributed by atoms with Gasteiger partial charge in [-0.3, -0.25) is 0 Å². The van der Waals surface area contributed by atoms with Crippen LogP contribution in [0.1, 0.15) is 57.4 Å². The zero-order valence-corrected chi connectivity index (χ0v) is 17.3. The molecule has 1 saturated carbocycles. The van der Waals surface area contributed by atoms with Crippen molar-refractivity contribution in [2.75, 3.05) is 0 Å². The first kappa shape index (κ1) is 19.0. The van der Waals surface area contributed by atoms with E-state index in [9.17, 15) is 0 Å². The SMILES string of the molecule is CCC1CCCCC1C(C)c1ccccc1-c1ccc(-c2ccccc2)cc1. The number of hydrogen-bond donors (Lipinski definition) is 0. The quantitative estimate of drug-likeness (QED) is 0.424. The molecule has 0 aliphatic heterocycles. The van der Waals surface area contributed by atoms with Crippen LogP contribution < -0.4 is 0 Å². The van der Waals surface area contributed by atoms with Gasteiger partial charge in [0.05, 0.1) is 0 Å². The molecule has 3 aromatic carbocycles. The van der Waals surface area contributed by atoms with Gasteiger partial charge in [-0.05, 0) is 52.0 Å². The van der Waals surface area contributed by atoms with E-state index in [1.807, 2.05) is 0 Å². The molecule has 4 rings (SSSR count). The van der Waals surface area contributed by atoms with Crippen LogP contribution in [0.2, 0.25) is 0 Å². The Morgan fingerprint density at radius 2 is 1.32 bits per heavy atom. The average Bonchev–Trinajstić information content (AvgIpc) is 2.79. The van der Waals surface area contributed by atoms with Crippen LogP contribution in [0.25, 0.3) is 22.3 Å². The van der Waals surface area contributed by atoms with Crippen LogP contribution in [-0.4, -0.2) is 0 Å². The second-order valence-electron chi connectivity index (χ2n) is 8.44. The molecule has 0 radical (unpaired) electrons. The van der Waals surface area contributed by atoms with Crippen LogP contribution in [0.5, 0.6) is 0 Å². The van der Waals surface area contributed by atoms with Gasteiger partial charge in [0.15, 0.2) is 0 Å². The summed E-state index contributed by atoms with van der Waals surface area (Å²) in [5.41, 5.74) is 6.85. The van der Waals surface area contributed by atoms with Crippen LogP contribution >= 0.6 is 0 Å². The average molecular weight is 369 g/mol. The minimum Gasteiger partial charge on any atom is -0.0651 e. The van der Waals surface area contributed by atoms with Crippen molar-refractivity contribution in [2.45, 2.75) is 51.9 Å². The predicted molar refractivity (Wildman–Crippen MR) is 121 cm³/mol. The van der Waals surface area contributed by atoms with E-state index in [0.717, 1.165) is 11.8 Å². The normalized spacial score (nSPS) is 20.6. The second-order valence-corrected chi connectivity index (χ2v) is 8.44. The van der Waals surface area contributed by atoms with E-state index in [2.05, 4.69) is 92.7 Å². The van der Waals surface area contributed by atoms with Gasteiger partial charge in [0.25, 0.3) is 0 Å². The molecule has 1 aliphatic carbocycles. The van der Waals surface area contributed by atoms with Crippen LogP contribution in [0.15, 0.2) is 78.9 Å². The summed E-state index contributed by atoms with van der Waals surface area (Å²) >= 11 is 0. The van der Waals surface area contributed by atoms with Crippen molar-refractivity contribution in [3.63, 3.8) is 0 Å². The van der Waals surface area contributed by atoms with Crippen molar-refractivity contribution < 1.29 is 0 Å². The third kappa shape index (κ3) is 3.92. The standard InChI is InChI=1S/C28H32/c1-3-22-11-7-8-14-26(22)21(2)27-15-9-10-16-28(27)25-19-17-24(18-20-25)23-12-5-4-6-13-23/h4-6,9-10,12-13,15-22,26H,3,7-8,11,14H2,1-2H3. The van der Waals surface area contributed by atoms with Gasteiger partial charge in [0.2, 0.25) is 0 Å². The molecular weight excluding hydrogens is 336 g/mol. The number of hydrogen-bond acceptors (Lipinski definition) is 0. The Kier molecular flexibility index (Phi) is 5.95. The molecule has 28 heavy (non-hydrogen) atoms. The zero-order valence-electron chi connectivity index (χ0n) is 17.3. The van der Waals surface area contributed by atoms with Gasteiger partial charge < -0.3 is 0 Å². The molecule has 0 N–H and O–H groups in total. The second kappa shape index (κ2) is 8.78. The van der Waals surface area contributed by atoms with E-state index in [4.69, 9.17) is 0 Å². The molecular formula is C28H32. The van der Waals surface area contributed by atoms with Crippen molar-refractivity contribution >= 4 is 0 Å². The molecule has 3 atom stereocenters. The molecule has 1 aliphatic rings. The van der Waals surface area contributed by atoms with Crippen molar-refractivity contribution in [3.8, 4) is 22.3 Å². The van der Waals surface area contributed by atoms with Crippen molar-refractivity contribution in [1.29, 1.82) is 0 Å². The minimum atomic E-state index is 0.621. The lowest BCUT2D eigenvalue weighted by Gasteiger charge is -2.36. The van der Waals surface area contributed by atoms with Gasteiger partial charge in [-0.15, -0.1) is 0 Å². The largest absolute Gasteiger partial charge is 0.0651 e. The van der Waals surface area contributed by atoms with Gasteiger partial charge in [0, 0.05) is 0 Å². The van der Waals surface area contributed by atoms with Gasteiger partial charge in [-0.2, -0.15) is 0 Å². The molecule has 0 amide bonds. The van der Waals surface area contributed by atoms with Gasteiger partial charge in [-0.25, -0.2) is 0 Å². The predicted octanol–water partition coefficient (Wildman–Crippen LogP) is 8.34. The highest BCUT2D eigenvalue weighted by Crippen LogP contribution is 2.43. The fraction of sp³-hybridized carbons (Fsp3) is 0.357. The highest BCUT2D eigenvalue weighted by atomic mass is 14.3. The maximum absolute atomic E-state index is 2.47. The lowest BCUT2D eigenvalue weighted by molar-refractivity contribution is 0.202. The summed E-state index contributed by atoms with van der Waals surface area (Å²) in [6.45, 7) is 4.85. The van der Waals surface area contributed by atoms with E-state index >= 15 is 0 Å². The zero-order chi connectivity index (χ0) is 19.3. The summed E-state index contributed by atoms with van der Waals surface area (Å²) in [4.78, 5) is 0. The Morgan fingerprint density at radius 3 is 2.07 bits per heavy atom. The Balaban J connectivity index is 1.64. The third-order valence-corrected chi connectivity index (χ3v) is 6.89. The number of benzene rings is 3. The van der Waals surface area contributed by atoms with E-state index in [1.165, 1.54) is 59.9 Å². The van der Waals surface area contributed by atoms with Crippen molar-refractivity contribution in [2.24, 2.45) is 11.8 Å². The van der Waals surface area contributed by atoms with Crippen LogP contribution in [0.3, 0.4) is 0 Å². The monoisotopic (exact) mass is 368 g/mol. The minimum absolute atomic E-state index is 0.621. The first-order chi connectivity index (χ1) is 13.8. The maximum Gasteiger partial charge on any atom is -0.0149 e. The van der Waals surface area contributed by atoms with E-state index in [-0.39, 0.29) is 0 Å². The summed E-state index contributed by atoms with van der Waals surface area (Å²) < 4.78 is 0. The molecule has 144 valence electrons. The lowest BCUT2D eigenvalue weighted by Crippen LogP contribution is -2.24. The Hall–Kier alpha value is -2.34. The summed E-state index contributed by atoms with van der Waals surface area (Å²) in [6.07, 6.45) is 6.95. The van der Waals surface area contributed by atoms with E-state index in [1.54, 1.807) is 0 Å². The highest BCUT2D eigenvalue weighted by Gasteiger charge is 2.30. The maximum atomic E-state index is 2.47. The molecule has 0 spiro atoms. The fourth-order valence-electron chi connectivity index (χ4n) is 5.26. The Labute approximate surface area is 170 Å². The number of rotatable bonds is 5. The topological polar surface area (TPSA) is 0 Å². The molecule has 3 unspecified atom stereocenters.